The summed E-state index contributed by atoms with van der Waals surface area (Å²) in [5.74, 6) is -0.0670. The molecule has 0 radical (unpaired) electrons. The maximum absolute atomic E-state index is 12.8. The lowest BCUT2D eigenvalue weighted by Crippen LogP contribution is -2.30. The van der Waals surface area contributed by atoms with Gasteiger partial charge >= 0.3 is 17.9 Å². The molecule has 0 aromatic carbocycles. The second-order valence-electron chi connectivity index (χ2n) is 17.9. The third kappa shape index (κ3) is 45.3. The van der Waals surface area contributed by atoms with Crippen molar-refractivity contribution in [3.63, 3.8) is 0 Å². The molecule has 0 heterocycles. The number of unbranched alkanes of at least 4 members (excludes halogenated alkanes) is 33. The summed E-state index contributed by atoms with van der Waals surface area (Å²) < 4.78 is 16.8. The summed E-state index contributed by atoms with van der Waals surface area (Å²) in [4.78, 5) is 37.8. The maximum Gasteiger partial charge on any atom is 0.306 e. The summed E-state index contributed by atoms with van der Waals surface area (Å²) in [6.07, 6.45) is 46.6. The molecule has 0 saturated heterocycles. The molecule has 1 atom stereocenters. The van der Waals surface area contributed by atoms with Crippen molar-refractivity contribution >= 4 is 17.9 Å². The van der Waals surface area contributed by atoms with Crippen LogP contribution in [0.15, 0.2) is 0 Å². The van der Waals surface area contributed by atoms with Gasteiger partial charge in [0.1, 0.15) is 13.2 Å². The molecule has 57 heavy (non-hydrogen) atoms. The van der Waals surface area contributed by atoms with Crippen LogP contribution in [0.1, 0.15) is 285 Å². The van der Waals surface area contributed by atoms with Crippen LogP contribution < -0.4 is 0 Å². The van der Waals surface area contributed by atoms with E-state index in [4.69, 9.17) is 14.2 Å². The quantitative estimate of drug-likeness (QED) is 0.0346. The average Bonchev–Trinajstić information content (AvgIpc) is 3.19. The van der Waals surface area contributed by atoms with E-state index in [9.17, 15) is 14.4 Å². The Balaban J connectivity index is 4.29. The number of carbonyl (C=O) groups is 3. The van der Waals surface area contributed by atoms with E-state index in [-0.39, 0.29) is 31.1 Å². The minimum atomic E-state index is -0.760. The highest BCUT2D eigenvalue weighted by molar-refractivity contribution is 5.71. The van der Waals surface area contributed by atoms with Gasteiger partial charge in [-0.05, 0) is 25.2 Å². The van der Waals surface area contributed by atoms with Crippen LogP contribution in [0.3, 0.4) is 0 Å². The van der Waals surface area contributed by atoms with E-state index in [1.54, 1.807) is 0 Å². The Kier molecular flexibility index (Phi) is 44.2. The second kappa shape index (κ2) is 45.5. The highest BCUT2D eigenvalue weighted by atomic mass is 16.6. The fraction of sp³-hybridized carbons (Fsp3) is 0.941. The van der Waals surface area contributed by atoms with Gasteiger partial charge in [0.05, 0.1) is 0 Å². The molecule has 0 bridgehead atoms. The van der Waals surface area contributed by atoms with Crippen molar-refractivity contribution in [3.05, 3.63) is 0 Å². The van der Waals surface area contributed by atoms with Gasteiger partial charge in [0, 0.05) is 19.3 Å². The Hall–Kier alpha value is -1.59. The van der Waals surface area contributed by atoms with Gasteiger partial charge < -0.3 is 14.2 Å². The van der Waals surface area contributed by atoms with Crippen molar-refractivity contribution in [3.8, 4) is 0 Å². The van der Waals surface area contributed by atoms with E-state index in [0.717, 1.165) is 63.7 Å². The van der Waals surface area contributed by atoms with Crippen LogP contribution in [0.2, 0.25) is 0 Å². The Labute approximate surface area is 355 Å². The predicted molar refractivity (Wildman–Crippen MR) is 243 cm³/mol. The van der Waals surface area contributed by atoms with Crippen molar-refractivity contribution in [1.29, 1.82) is 0 Å². The van der Waals surface area contributed by atoms with Gasteiger partial charge in [-0.15, -0.1) is 0 Å². The first kappa shape index (κ1) is 55.4. The number of carbonyl (C=O) groups excluding carboxylic acids is 3. The van der Waals surface area contributed by atoms with Crippen molar-refractivity contribution in [1.82, 2.24) is 0 Å². The monoisotopic (exact) mass is 807 g/mol. The lowest BCUT2D eigenvalue weighted by atomic mass is 10.0. The number of hydrogen-bond donors (Lipinski definition) is 0. The zero-order valence-electron chi connectivity index (χ0n) is 38.8. The average molecular weight is 807 g/mol. The fourth-order valence-corrected chi connectivity index (χ4v) is 7.69. The van der Waals surface area contributed by atoms with E-state index in [1.807, 2.05) is 0 Å². The number of rotatable bonds is 46. The Morgan fingerprint density at radius 1 is 0.333 bits per heavy atom. The molecular formula is C51H98O6. The lowest BCUT2D eigenvalue weighted by Gasteiger charge is -2.18. The van der Waals surface area contributed by atoms with Crippen molar-refractivity contribution in [2.24, 2.45) is 5.92 Å². The third-order valence-corrected chi connectivity index (χ3v) is 11.5. The minimum Gasteiger partial charge on any atom is -0.462 e. The van der Waals surface area contributed by atoms with Crippen LogP contribution in [0, 0.1) is 5.92 Å². The van der Waals surface area contributed by atoms with Crippen LogP contribution in [0.25, 0.3) is 0 Å². The Bertz CT molecular complexity index is 857. The molecule has 0 fully saturated rings. The summed E-state index contributed by atoms with van der Waals surface area (Å²) in [6.45, 7) is 8.97. The molecule has 0 aliphatic rings. The van der Waals surface area contributed by atoms with Crippen LogP contribution >= 0.6 is 0 Å². The summed E-state index contributed by atoms with van der Waals surface area (Å²) >= 11 is 0. The third-order valence-electron chi connectivity index (χ3n) is 11.5. The Morgan fingerprint density at radius 3 is 0.860 bits per heavy atom. The van der Waals surface area contributed by atoms with Crippen LogP contribution in [-0.2, 0) is 28.6 Å². The van der Waals surface area contributed by atoms with Crippen LogP contribution in [-0.4, -0.2) is 37.2 Å². The topological polar surface area (TPSA) is 78.9 Å². The second-order valence-corrected chi connectivity index (χ2v) is 17.9. The minimum absolute atomic E-state index is 0.0634. The number of hydrogen-bond acceptors (Lipinski definition) is 6. The van der Waals surface area contributed by atoms with Gasteiger partial charge in [-0.3, -0.25) is 14.4 Å². The lowest BCUT2D eigenvalue weighted by molar-refractivity contribution is -0.167. The predicted octanol–water partition coefficient (Wildman–Crippen LogP) is 16.3. The van der Waals surface area contributed by atoms with Crippen molar-refractivity contribution < 1.29 is 28.6 Å². The van der Waals surface area contributed by atoms with E-state index in [0.29, 0.717) is 19.3 Å². The summed E-state index contributed by atoms with van der Waals surface area (Å²) in [5, 5.41) is 0. The van der Waals surface area contributed by atoms with Gasteiger partial charge in [-0.1, -0.05) is 246 Å². The van der Waals surface area contributed by atoms with Gasteiger partial charge in [-0.2, -0.15) is 0 Å². The van der Waals surface area contributed by atoms with Gasteiger partial charge in [0.15, 0.2) is 6.10 Å². The molecule has 0 aliphatic heterocycles. The van der Waals surface area contributed by atoms with Gasteiger partial charge in [0.2, 0.25) is 0 Å². The van der Waals surface area contributed by atoms with Gasteiger partial charge in [-0.25, -0.2) is 0 Å². The molecule has 0 aliphatic carbocycles. The van der Waals surface area contributed by atoms with E-state index >= 15 is 0 Å². The summed E-state index contributed by atoms with van der Waals surface area (Å²) in [6, 6.07) is 0. The molecule has 6 nitrogen and oxygen atoms in total. The zero-order chi connectivity index (χ0) is 41.7. The largest absolute Gasteiger partial charge is 0.462 e. The number of ether oxygens (including phenoxy) is 3. The highest BCUT2D eigenvalue weighted by Crippen LogP contribution is 2.17. The molecule has 0 N–H and O–H groups in total. The van der Waals surface area contributed by atoms with Gasteiger partial charge in [0.25, 0.3) is 0 Å². The van der Waals surface area contributed by atoms with E-state index in [2.05, 4.69) is 27.7 Å². The van der Waals surface area contributed by atoms with Crippen molar-refractivity contribution in [2.45, 2.75) is 291 Å². The molecular weight excluding hydrogens is 709 g/mol. The molecule has 6 heteroatoms. The molecule has 0 rings (SSSR count). The first-order valence-electron chi connectivity index (χ1n) is 25.4. The SMILES string of the molecule is CCCCCCCCCCCCCCCCCCC(=O)O[C@@H](COC(=O)CCCCCCCCCCCCCCC)COC(=O)CCCCCCCCCC(C)C. The first-order chi connectivity index (χ1) is 27.9. The highest BCUT2D eigenvalue weighted by Gasteiger charge is 2.19. The molecule has 0 aromatic heterocycles. The maximum atomic E-state index is 12.8. The standard InChI is InChI=1S/C51H98O6/c1-5-7-9-11-13-15-17-19-20-21-23-25-27-31-36-40-44-51(54)57-48(46-56-50(53)43-39-35-32-28-29-33-37-41-47(3)4)45-55-49(52)42-38-34-30-26-24-22-18-16-14-12-10-8-6-2/h47-48H,5-46H2,1-4H3/t48-/m0/s1. The Morgan fingerprint density at radius 2 is 0.579 bits per heavy atom. The molecule has 338 valence electrons. The first-order valence-corrected chi connectivity index (χ1v) is 25.4. The summed E-state index contributed by atoms with van der Waals surface area (Å²) in [5.41, 5.74) is 0. The normalized spacial score (nSPS) is 11.9. The number of esters is 3. The van der Waals surface area contributed by atoms with E-state index in [1.165, 1.54) is 180 Å². The van der Waals surface area contributed by atoms with Crippen LogP contribution in [0.4, 0.5) is 0 Å². The molecule has 0 unspecified atom stereocenters. The molecule has 0 amide bonds. The molecule has 0 aromatic rings. The fourth-order valence-electron chi connectivity index (χ4n) is 7.69. The zero-order valence-corrected chi connectivity index (χ0v) is 38.8. The molecule has 0 saturated carbocycles. The summed E-state index contributed by atoms with van der Waals surface area (Å²) in [7, 11) is 0. The molecule has 0 spiro atoms. The smallest absolute Gasteiger partial charge is 0.306 e. The van der Waals surface area contributed by atoms with E-state index < -0.39 is 6.10 Å². The van der Waals surface area contributed by atoms with Crippen molar-refractivity contribution in [2.75, 3.05) is 13.2 Å². The van der Waals surface area contributed by atoms with Crippen LogP contribution in [0.5, 0.6) is 0 Å².